The molecular formula is C21H19N3O2. The molecule has 2 atom stereocenters. The molecule has 2 aliphatic heterocycles. The molecule has 3 amide bonds. The zero-order valence-electron chi connectivity index (χ0n) is 14.5. The summed E-state index contributed by atoms with van der Waals surface area (Å²) in [5.74, 6) is -0.0886. The van der Waals surface area contributed by atoms with Crippen LogP contribution in [0.3, 0.4) is 0 Å². The molecule has 1 N–H and O–H groups in total. The van der Waals surface area contributed by atoms with Crippen molar-refractivity contribution >= 4 is 22.8 Å². The predicted molar refractivity (Wildman–Crippen MR) is 98.7 cm³/mol. The molecule has 1 fully saturated rings. The zero-order chi connectivity index (χ0) is 17.8. The second-order valence-corrected chi connectivity index (χ2v) is 6.87. The van der Waals surface area contributed by atoms with E-state index in [-0.39, 0.29) is 18.0 Å². The number of nitrogens with zero attached hydrogens (tertiary/aromatic N) is 2. The minimum atomic E-state index is -0.431. The van der Waals surface area contributed by atoms with Crippen molar-refractivity contribution in [3.05, 3.63) is 71.4 Å². The van der Waals surface area contributed by atoms with Crippen molar-refractivity contribution in [2.45, 2.75) is 25.4 Å². The highest BCUT2D eigenvalue weighted by Crippen LogP contribution is 2.43. The summed E-state index contributed by atoms with van der Waals surface area (Å²) in [7, 11) is 0. The average Bonchev–Trinajstić information content (AvgIpc) is 3.16. The number of nitrogens with one attached hydrogen (secondary N) is 1. The van der Waals surface area contributed by atoms with E-state index in [1.165, 1.54) is 4.90 Å². The van der Waals surface area contributed by atoms with Crippen LogP contribution in [0, 0.1) is 0 Å². The van der Waals surface area contributed by atoms with E-state index in [0.717, 1.165) is 27.7 Å². The van der Waals surface area contributed by atoms with Crippen LogP contribution < -0.4 is 0 Å². The Hall–Kier alpha value is -3.08. The van der Waals surface area contributed by atoms with E-state index in [0.29, 0.717) is 13.0 Å². The van der Waals surface area contributed by atoms with Gasteiger partial charge in [0.15, 0.2) is 0 Å². The molecule has 0 unspecified atom stereocenters. The number of rotatable bonds is 2. The van der Waals surface area contributed by atoms with Crippen LogP contribution in [-0.4, -0.2) is 39.3 Å². The number of fused-ring (bicyclic) bond motifs is 4. The van der Waals surface area contributed by atoms with Gasteiger partial charge in [0.25, 0.3) is 5.91 Å². The third kappa shape index (κ3) is 1.91. The predicted octanol–water partition coefficient (Wildman–Crippen LogP) is 3.47. The maximum atomic E-state index is 13.0. The van der Waals surface area contributed by atoms with Gasteiger partial charge >= 0.3 is 6.03 Å². The Labute approximate surface area is 151 Å². The SMILES string of the molecule is CCN1C(=O)[C@H]2Cc3c([nH]c4ccccc34)[C@H](c3ccccc3)N2C1=O. The van der Waals surface area contributed by atoms with Crippen molar-refractivity contribution in [2.75, 3.05) is 6.54 Å². The van der Waals surface area contributed by atoms with Crippen LogP contribution in [0.15, 0.2) is 54.6 Å². The first-order chi connectivity index (χ1) is 12.7. The number of amides is 3. The number of imide groups is 1. The van der Waals surface area contributed by atoms with Gasteiger partial charge in [0.1, 0.15) is 12.1 Å². The van der Waals surface area contributed by atoms with Crippen molar-refractivity contribution in [1.82, 2.24) is 14.8 Å². The number of aromatic amines is 1. The van der Waals surface area contributed by atoms with E-state index in [4.69, 9.17) is 0 Å². The highest BCUT2D eigenvalue weighted by atomic mass is 16.2. The zero-order valence-corrected chi connectivity index (χ0v) is 14.5. The van der Waals surface area contributed by atoms with E-state index < -0.39 is 6.04 Å². The fraction of sp³-hybridized carbons (Fsp3) is 0.238. The van der Waals surface area contributed by atoms with Crippen molar-refractivity contribution in [3.63, 3.8) is 0 Å². The number of benzene rings is 2. The summed E-state index contributed by atoms with van der Waals surface area (Å²) in [6, 6.07) is 17.2. The number of aromatic nitrogens is 1. The third-order valence-corrected chi connectivity index (χ3v) is 5.57. The van der Waals surface area contributed by atoms with Gasteiger partial charge in [0.05, 0.1) is 0 Å². The fourth-order valence-corrected chi connectivity index (χ4v) is 4.40. The quantitative estimate of drug-likeness (QED) is 0.723. The Morgan fingerprint density at radius 2 is 1.77 bits per heavy atom. The Bertz CT molecular complexity index is 1020. The molecule has 0 radical (unpaired) electrons. The third-order valence-electron chi connectivity index (χ3n) is 5.57. The molecule has 3 aromatic rings. The second kappa shape index (κ2) is 5.46. The molecule has 2 aliphatic rings. The van der Waals surface area contributed by atoms with Crippen molar-refractivity contribution < 1.29 is 9.59 Å². The van der Waals surface area contributed by atoms with Crippen LogP contribution in [0.1, 0.15) is 29.8 Å². The van der Waals surface area contributed by atoms with Gasteiger partial charge in [0, 0.05) is 29.6 Å². The van der Waals surface area contributed by atoms with Crippen LogP contribution in [0.4, 0.5) is 4.79 Å². The topological polar surface area (TPSA) is 56.4 Å². The molecule has 5 nitrogen and oxygen atoms in total. The Morgan fingerprint density at radius 3 is 2.54 bits per heavy atom. The van der Waals surface area contributed by atoms with E-state index in [9.17, 15) is 9.59 Å². The van der Waals surface area contributed by atoms with Gasteiger partial charge in [0.2, 0.25) is 0 Å². The lowest BCUT2D eigenvalue weighted by atomic mass is 9.89. The summed E-state index contributed by atoms with van der Waals surface area (Å²) in [6.07, 6.45) is 0.559. The van der Waals surface area contributed by atoms with Crippen LogP contribution in [0.5, 0.6) is 0 Å². The first kappa shape index (κ1) is 15.2. The van der Waals surface area contributed by atoms with Gasteiger partial charge < -0.3 is 4.98 Å². The molecule has 130 valence electrons. The summed E-state index contributed by atoms with van der Waals surface area (Å²) in [5, 5.41) is 1.14. The fourth-order valence-electron chi connectivity index (χ4n) is 4.40. The molecule has 2 aromatic carbocycles. The molecule has 0 spiro atoms. The highest BCUT2D eigenvalue weighted by molar-refractivity contribution is 6.05. The average molecular weight is 345 g/mol. The van der Waals surface area contributed by atoms with Crippen LogP contribution in [-0.2, 0) is 11.2 Å². The maximum Gasteiger partial charge on any atom is 0.328 e. The first-order valence-corrected chi connectivity index (χ1v) is 8.98. The van der Waals surface area contributed by atoms with Crippen LogP contribution in [0.2, 0.25) is 0 Å². The minimum absolute atomic E-state index is 0.0886. The van der Waals surface area contributed by atoms with E-state index in [1.807, 2.05) is 55.5 Å². The summed E-state index contributed by atoms with van der Waals surface area (Å²) in [5.41, 5.74) is 4.23. The Morgan fingerprint density at radius 1 is 1.04 bits per heavy atom. The largest absolute Gasteiger partial charge is 0.356 e. The number of carbonyl (C=O) groups excluding carboxylic acids is 2. The molecule has 5 heteroatoms. The maximum absolute atomic E-state index is 13.0. The lowest BCUT2D eigenvalue weighted by molar-refractivity contribution is -0.128. The molecular weight excluding hydrogens is 326 g/mol. The van der Waals surface area contributed by atoms with Crippen LogP contribution >= 0.6 is 0 Å². The monoisotopic (exact) mass is 345 g/mol. The van der Waals surface area contributed by atoms with E-state index >= 15 is 0 Å². The standard InChI is InChI=1S/C21H19N3O2/c1-2-23-20(25)17-12-15-14-10-6-7-11-16(14)22-18(15)19(24(17)21(23)26)13-8-4-3-5-9-13/h3-11,17,19,22H,2,12H2,1H3/t17-,19+/m1/s1. The molecule has 5 rings (SSSR count). The Balaban J connectivity index is 1.76. The summed E-state index contributed by atoms with van der Waals surface area (Å²) in [6.45, 7) is 2.25. The number of likely N-dealkylation sites (N-methyl/N-ethyl adjacent to an activating group) is 1. The van der Waals surface area contributed by atoms with Crippen molar-refractivity contribution in [1.29, 1.82) is 0 Å². The highest BCUT2D eigenvalue weighted by Gasteiger charge is 2.51. The van der Waals surface area contributed by atoms with Gasteiger partial charge in [-0.25, -0.2) is 4.79 Å². The van der Waals surface area contributed by atoms with Gasteiger partial charge in [-0.3, -0.25) is 14.6 Å². The van der Waals surface area contributed by atoms with Gasteiger partial charge in [-0.05, 0) is 24.1 Å². The number of carbonyl (C=O) groups is 2. The number of hydrogen-bond donors (Lipinski definition) is 1. The molecule has 1 aromatic heterocycles. The van der Waals surface area contributed by atoms with E-state index in [2.05, 4.69) is 11.1 Å². The Kier molecular flexibility index (Phi) is 3.19. The van der Waals surface area contributed by atoms with Gasteiger partial charge in [-0.2, -0.15) is 0 Å². The van der Waals surface area contributed by atoms with E-state index in [1.54, 1.807) is 4.90 Å². The summed E-state index contributed by atoms with van der Waals surface area (Å²) in [4.78, 5) is 32.5. The number of H-pyrrole nitrogens is 1. The number of para-hydroxylation sites is 1. The molecule has 1 saturated heterocycles. The normalized spacial score (nSPS) is 22.0. The summed E-state index contributed by atoms with van der Waals surface area (Å²) < 4.78 is 0. The second-order valence-electron chi connectivity index (χ2n) is 6.87. The number of urea groups is 1. The smallest absolute Gasteiger partial charge is 0.328 e. The molecule has 0 aliphatic carbocycles. The molecule has 26 heavy (non-hydrogen) atoms. The lowest BCUT2D eigenvalue weighted by Crippen LogP contribution is -2.44. The summed E-state index contributed by atoms with van der Waals surface area (Å²) >= 11 is 0. The number of hydrogen-bond acceptors (Lipinski definition) is 2. The molecule has 3 heterocycles. The lowest BCUT2D eigenvalue weighted by Gasteiger charge is -2.36. The first-order valence-electron chi connectivity index (χ1n) is 8.98. The molecule has 0 saturated carbocycles. The van der Waals surface area contributed by atoms with Gasteiger partial charge in [-0.1, -0.05) is 48.5 Å². The van der Waals surface area contributed by atoms with Gasteiger partial charge in [-0.15, -0.1) is 0 Å². The molecule has 0 bridgehead atoms. The van der Waals surface area contributed by atoms with Crippen LogP contribution in [0.25, 0.3) is 10.9 Å². The van der Waals surface area contributed by atoms with Crippen molar-refractivity contribution in [3.8, 4) is 0 Å². The van der Waals surface area contributed by atoms with Crippen molar-refractivity contribution in [2.24, 2.45) is 0 Å². The minimum Gasteiger partial charge on any atom is -0.356 e.